The van der Waals surface area contributed by atoms with Crippen molar-refractivity contribution in [1.29, 1.82) is 0 Å². The summed E-state index contributed by atoms with van der Waals surface area (Å²) in [5, 5.41) is 30.5. The summed E-state index contributed by atoms with van der Waals surface area (Å²) in [4.78, 5) is 48.4. The number of benzene rings is 1. The van der Waals surface area contributed by atoms with Crippen LogP contribution in [0.2, 0.25) is 0 Å². The fourth-order valence-electron chi connectivity index (χ4n) is 3.34. The van der Waals surface area contributed by atoms with Gasteiger partial charge in [-0.3, -0.25) is 9.59 Å². The smallest absolute Gasteiger partial charge is 0.326 e. The fourth-order valence-corrected chi connectivity index (χ4v) is 3.34. The zero-order valence-electron chi connectivity index (χ0n) is 20.2. The minimum Gasteiger partial charge on any atom is -0.480 e. The van der Waals surface area contributed by atoms with E-state index >= 15 is 0 Å². The molecule has 0 fully saturated rings. The highest BCUT2D eigenvalue weighted by Crippen LogP contribution is 2.23. The number of fused-ring (bicyclic) bond motifs is 1. The molecule has 13 heteroatoms. The average molecular weight is 499 g/mol. The van der Waals surface area contributed by atoms with E-state index in [0.29, 0.717) is 17.2 Å². The van der Waals surface area contributed by atoms with Gasteiger partial charge >= 0.3 is 5.97 Å². The molecule has 1 aromatic heterocycles. The summed E-state index contributed by atoms with van der Waals surface area (Å²) < 4.78 is 0. The van der Waals surface area contributed by atoms with E-state index in [-0.39, 0.29) is 42.5 Å². The number of aliphatic imine (C=N–C) groups is 1. The van der Waals surface area contributed by atoms with Crippen LogP contribution in [-0.2, 0) is 16.1 Å². The van der Waals surface area contributed by atoms with Crippen LogP contribution in [0.4, 0.5) is 11.5 Å². The number of hydrogen-bond acceptors (Lipinski definition) is 10. The lowest BCUT2D eigenvalue weighted by atomic mass is 10.1. The zero-order chi connectivity index (χ0) is 26.5. The number of hydrogen-bond donors (Lipinski definition) is 7. The molecule has 192 valence electrons. The molecule has 0 spiro atoms. The highest BCUT2D eigenvalue weighted by Gasteiger charge is 2.23. The van der Waals surface area contributed by atoms with Crippen LogP contribution in [0.5, 0.6) is 0 Å². The largest absolute Gasteiger partial charge is 0.480 e. The Morgan fingerprint density at radius 2 is 1.89 bits per heavy atom. The Hall–Kier alpha value is -4.26. The lowest BCUT2D eigenvalue weighted by Gasteiger charge is -2.21. The Morgan fingerprint density at radius 1 is 1.19 bits per heavy atom. The second-order valence-corrected chi connectivity index (χ2v) is 9.24. The SMILES string of the molecule is CC(C)(C)NC(=O)CC[C@H](NC(=O)c1ccc(NCc2cnc3c(n2)C(O)N=C(N)N3)cc1)C(=O)O. The van der Waals surface area contributed by atoms with Gasteiger partial charge in [0.05, 0.1) is 18.4 Å². The topological polar surface area (TPSA) is 204 Å². The summed E-state index contributed by atoms with van der Waals surface area (Å²) in [7, 11) is 0. The van der Waals surface area contributed by atoms with Crippen molar-refractivity contribution in [2.24, 2.45) is 10.7 Å². The number of aliphatic hydroxyl groups is 1. The van der Waals surface area contributed by atoms with E-state index in [2.05, 4.69) is 36.2 Å². The number of carboxylic acid groups (broad SMARTS) is 1. The number of carbonyl (C=O) groups excluding carboxylic acids is 2. The molecular weight excluding hydrogens is 468 g/mol. The van der Waals surface area contributed by atoms with E-state index in [0.717, 1.165) is 0 Å². The third-order valence-electron chi connectivity index (χ3n) is 5.00. The van der Waals surface area contributed by atoms with Crippen molar-refractivity contribution in [3.63, 3.8) is 0 Å². The van der Waals surface area contributed by atoms with Gasteiger partial charge in [-0.05, 0) is 51.5 Å². The number of carboxylic acids is 1. The second-order valence-electron chi connectivity index (χ2n) is 9.24. The van der Waals surface area contributed by atoms with Gasteiger partial charge in [0.25, 0.3) is 5.91 Å². The van der Waals surface area contributed by atoms with Crippen molar-refractivity contribution >= 4 is 35.2 Å². The Kier molecular flexibility index (Phi) is 8.04. The number of aromatic nitrogens is 2. The first-order valence-corrected chi connectivity index (χ1v) is 11.2. The summed E-state index contributed by atoms with van der Waals surface area (Å²) in [5.74, 6) is -1.68. The van der Waals surface area contributed by atoms with Crippen LogP contribution < -0.4 is 27.0 Å². The number of amides is 2. The van der Waals surface area contributed by atoms with Gasteiger partial charge < -0.3 is 37.2 Å². The summed E-state index contributed by atoms with van der Waals surface area (Å²) in [6, 6.07) is 5.22. The van der Waals surface area contributed by atoms with E-state index in [9.17, 15) is 24.6 Å². The third kappa shape index (κ3) is 7.37. The Labute approximate surface area is 207 Å². The third-order valence-corrected chi connectivity index (χ3v) is 5.00. The first kappa shape index (κ1) is 26.3. The van der Waals surface area contributed by atoms with Crippen LogP contribution in [0.25, 0.3) is 0 Å². The van der Waals surface area contributed by atoms with Crippen LogP contribution in [0.15, 0.2) is 35.5 Å². The maximum atomic E-state index is 12.6. The van der Waals surface area contributed by atoms with E-state index in [1.165, 1.54) is 6.20 Å². The quantitative estimate of drug-likeness (QED) is 0.258. The van der Waals surface area contributed by atoms with Crippen LogP contribution in [0, 0.1) is 0 Å². The van der Waals surface area contributed by atoms with E-state index < -0.39 is 29.7 Å². The van der Waals surface area contributed by atoms with Crippen molar-refractivity contribution in [2.75, 3.05) is 10.6 Å². The van der Waals surface area contributed by atoms with Crippen molar-refractivity contribution < 1.29 is 24.6 Å². The molecule has 0 radical (unpaired) electrons. The molecule has 2 amide bonds. The van der Waals surface area contributed by atoms with Gasteiger partial charge in [0, 0.05) is 23.2 Å². The number of aliphatic carboxylic acids is 1. The first-order valence-electron chi connectivity index (χ1n) is 11.2. The van der Waals surface area contributed by atoms with Crippen LogP contribution in [0.1, 0.15) is 61.6 Å². The van der Waals surface area contributed by atoms with Crippen molar-refractivity contribution in [3.05, 3.63) is 47.4 Å². The normalized spacial score (nSPS) is 15.6. The molecule has 3 rings (SSSR count). The molecule has 1 aromatic carbocycles. The fraction of sp³-hybridized carbons (Fsp3) is 0.391. The molecule has 2 heterocycles. The van der Waals surface area contributed by atoms with Gasteiger partial charge in [0.15, 0.2) is 18.0 Å². The molecule has 0 bridgehead atoms. The zero-order valence-corrected chi connectivity index (χ0v) is 20.2. The monoisotopic (exact) mass is 498 g/mol. The predicted octanol–water partition coefficient (Wildman–Crippen LogP) is 0.698. The molecule has 1 aliphatic heterocycles. The number of aliphatic hydroxyl groups excluding tert-OH is 1. The highest BCUT2D eigenvalue weighted by molar-refractivity contribution is 5.97. The van der Waals surface area contributed by atoms with Gasteiger partial charge in [-0.15, -0.1) is 0 Å². The number of anilines is 2. The Bertz CT molecular complexity index is 1160. The molecule has 0 aliphatic carbocycles. The summed E-state index contributed by atoms with van der Waals surface area (Å²) in [6.45, 7) is 5.77. The summed E-state index contributed by atoms with van der Waals surface area (Å²) in [6.07, 6.45) is 0.260. The average Bonchev–Trinajstić information content (AvgIpc) is 2.79. The maximum absolute atomic E-state index is 12.6. The lowest BCUT2D eigenvalue weighted by molar-refractivity contribution is -0.139. The Morgan fingerprint density at radius 3 is 2.53 bits per heavy atom. The van der Waals surface area contributed by atoms with Crippen molar-refractivity contribution in [2.45, 2.75) is 58.0 Å². The van der Waals surface area contributed by atoms with Gasteiger partial charge in [0.2, 0.25) is 5.91 Å². The molecule has 13 nitrogen and oxygen atoms in total. The number of rotatable bonds is 9. The molecule has 1 aliphatic rings. The highest BCUT2D eigenvalue weighted by atomic mass is 16.4. The maximum Gasteiger partial charge on any atom is 0.326 e. The first-order chi connectivity index (χ1) is 16.9. The number of carbonyl (C=O) groups is 3. The van der Waals surface area contributed by atoms with Gasteiger partial charge in [-0.25, -0.2) is 19.8 Å². The van der Waals surface area contributed by atoms with Crippen LogP contribution in [-0.4, -0.2) is 55.5 Å². The summed E-state index contributed by atoms with van der Waals surface area (Å²) >= 11 is 0. The van der Waals surface area contributed by atoms with Crippen molar-refractivity contribution in [3.8, 4) is 0 Å². The minimum atomic E-state index is -1.22. The molecular formula is C23H30N8O5. The van der Waals surface area contributed by atoms with E-state index in [1.54, 1.807) is 24.3 Å². The van der Waals surface area contributed by atoms with E-state index in [4.69, 9.17) is 5.73 Å². The van der Waals surface area contributed by atoms with Gasteiger partial charge in [-0.2, -0.15) is 0 Å². The lowest BCUT2D eigenvalue weighted by Crippen LogP contribution is -2.44. The number of nitrogens with zero attached hydrogens (tertiary/aromatic N) is 3. The molecule has 36 heavy (non-hydrogen) atoms. The van der Waals surface area contributed by atoms with Crippen molar-refractivity contribution in [1.82, 2.24) is 20.6 Å². The van der Waals surface area contributed by atoms with E-state index in [1.807, 2.05) is 20.8 Å². The molecule has 8 N–H and O–H groups in total. The van der Waals surface area contributed by atoms with Gasteiger partial charge in [-0.1, -0.05) is 0 Å². The predicted molar refractivity (Wildman–Crippen MR) is 132 cm³/mol. The molecule has 2 aromatic rings. The molecule has 2 atom stereocenters. The molecule has 0 saturated heterocycles. The molecule has 0 saturated carbocycles. The van der Waals surface area contributed by atoms with Gasteiger partial charge in [0.1, 0.15) is 11.7 Å². The number of nitrogens with one attached hydrogen (secondary N) is 4. The minimum absolute atomic E-state index is 0.0320. The standard InChI is InChI=1S/C23H30N8O5/c1-23(2,3)31-16(32)9-8-15(21(35)36)28-19(33)12-4-6-13(7-5-12)25-10-14-11-26-18-17(27-14)20(34)30-22(24)29-18/h4-7,11,15,20,25,34H,8-10H2,1-3H3,(H,28,33)(H,31,32)(H,35,36)(H3,24,26,29,30)/t15-,20?/m0/s1. The number of nitrogens with two attached hydrogens (primary N) is 1. The van der Waals surface area contributed by atoms with Crippen LogP contribution >= 0.6 is 0 Å². The number of guanidine groups is 1. The van der Waals surface area contributed by atoms with Crippen LogP contribution in [0.3, 0.4) is 0 Å². The summed E-state index contributed by atoms with van der Waals surface area (Å²) in [5.41, 5.74) is 6.89. The second kappa shape index (κ2) is 11.0. The molecule has 1 unspecified atom stereocenters. The Balaban J connectivity index is 1.54.